The van der Waals surface area contributed by atoms with Gasteiger partial charge in [0.2, 0.25) is 0 Å². The number of nitrogens with zero attached hydrogens (tertiary/aromatic N) is 1. The summed E-state index contributed by atoms with van der Waals surface area (Å²) in [6, 6.07) is 15.8. The average Bonchev–Trinajstić information content (AvgIpc) is 2.89. The fourth-order valence-electron chi connectivity index (χ4n) is 3.43. The third-order valence-electron chi connectivity index (χ3n) is 4.64. The standard InChI is InChI=1S/C21H23NO3/c1-14-8-7-11-17-20(14)22(15(2)12-19(23)25-3)18(21(17)24)13-16-9-5-4-6-10-16/h4-11,15,24H,12-13H2,1-3H3/t15-/m1/s1. The molecule has 1 atom stereocenters. The minimum atomic E-state index is -0.256. The Labute approximate surface area is 147 Å². The summed E-state index contributed by atoms with van der Waals surface area (Å²) in [6.07, 6.45) is 0.863. The van der Waals surface area contributed by atoms with E-state index in [2.05, 4.69) is 4.57 Å². The average molecular weight is 337 g/mol. The lowest BCUT2D eigenvalue weighted by atomic mass is 10.1. The summed E-state index contributed by atoms with van der Waals surface area (Å²) in [5, 5.41) is 11.7. The third kappa shape index (κ3) is 3.25. The highest BCUT2D eigenvalue weighted by Crippen LogP contribution is 2.38. The Morgan fingerprint density at radius 3 is 2.56 bits per heavy atom. The van der Waals surface area contributed by atoms with Crippen LogP contribution in [0.15, 0.2) is 48.5 Å². The number of carbonyl (C=O) groups excluding carboxylic acids is 1. The summed E-state index contributed by atoms with van der Waals surface area (Å²) in [4.78, 5) is 11.8. The quantitative estimate of drug-likeness (QED) is 0.703. The van der Waals surface area contributed by atoms with Crippen molar-refractivity contribution < 1.29 is 14.6 Å². The summed E-state index contributed by atoms with van der Waals surface area (Å²) in [7, 11) is 1.40. The van der Waals surface area contributed by atoms with Gasteiger partial charge in [-0.2, -0.15) is 0 Å². The van der Waals surface area contributed by atoms with Crippen molar-refractivity contribution in [2.45, 2.75) is 32.7 Å². The highest BCUT2D eigenvalue weighted by molar-refractivity contribution is 5.91. The van der Waals surface area contributed by atoms with Crippen LogP contribution in [-0.2, 0) is 16.0 Å². The van der Waals surface area contributed by atoms with Gasteiger partial charge < -0.3 is 14.4 Å². The molecule has 0 radical (unpaired) electrons. The molecule has 0 saturated carbocycles. The van der Waals surface area contributed by atoms with E-state index in [1.54, 1.807) is 0 Å². The molecular formula is C21H23NO3. The number of carbonyl (C=O) groups is 1. The predicted octanol–water partition coefficient (Wildman–Crippen LogP) is 4.37. The first kappa shape index (κ1) is 17.1. The van der Waals surface area contributed by atoms with Gasteiger partial charge in [-0.3, -0.25) is 4.79 Å². The number of rotatable bonds is 5. The molecule has 4 heteroatoms. The second kappa shape index (κ2) is 7.01. The van der Waals surface area contributed by atoms with Gasteiger partial charge in [0.15, 0.2) is 0 Å². The number of hydrogen-bond donors (Lipinski definition) is 1. The summed E-state index contributed by atoms with van der Waals surface area (Å²) >= 11 is 0. The Kier molecular flexibility index (Phi) is 4.79. The van der Waals surface area contributed by atoms with E-state index in [0.29, 0.717) is 12.2 Å². The molecule has 0 spiro atoms. The summed E-state index contributed by atoms with van der Waals surface area (Å²) in [5.74, 6) is 0.0346. The van der Waals surface area contributed by atoms with E-state index in [-0.39, 0.29) is 18.4 Å². The monoisotopic (exact) mass is 337 g/mol. The van der Waals surface area contributed by atoms with E-state index in [1.165, 1.54) is 7.11 Å². The number of aromatic nitrogens is 1. The van der Waals surface area contributed by atoms with Crippen molar-refractivity contribution in [3.63, 3.8) is 0 Å². The molecule has 130 valence electrons. The maximum atomic E-state index is 11.8. The topological polar surface area (TPSA) is 51.5 Å². The van der Waals surface area contributed by atoms with Crippen LogP contribution in [0.1, 0.15) is 36.2 Å². The van der Waals surface area contributed by atoms with Crippen LogP contribution in [0.4, 0.5) is 0 Å². The second-order valence-electron chi connectivity index (χ2n) is 6.43. The van der Waals surface area contributed by atoms with Crippen molar-refractivity contribution in [1.29, 1.82) is 0 Å². The molecule has 4 nitrogen and oxygen atoms in total. The molecule has 0 aliphatic rings. The molecule has 0 saturated heterocycles. The Balaban J connectivity index is 2.17. The van der Waals surface area contributed by atoms with Crippen LogP contribution in [0.3, 0.4) is 0 Å². The Bertz CT molecular complexity index is 896. The van der Waals surface area contributed by atoms with Gasteiger partial charge in [0, 0.05) is 17.8 Å². The van der Waals surface area contributed by atoms with Gasteiger partial charge in [0.1, 0.15) is 5.75 Å². The van der Waals surface area contributed by atoms with E-state index in [0.717, 1.165) is 27.7 Å². The molecule has 1 heterocycles. The summed E-state index contributed by atoms with van der Waals surface area (Å²) < 4.78 is 6.92. The maximum absolute atomic E-state index is 11.8. The van der Waals surface area contributed by atoms with Crippen LogP contribution in [-0.4, -0.2) is 22.8 Å². The van der Waals surface area contributed by atoms with Crippen molar-refractivity contribution in [3.8, 4) is 5.75 Å². The van der Waals surface area contributed by atoms with Gasteiger partial charge in [-0.05, 0) is 31.0 Å². The number of hydrogen-bond acceptors (Lipinski definition) is 3. The van der Waals surface area contributed by atoms with Crippen LogP contribution in [0, 0.1) is 6.92 Å². The van der Waals surface area contributed by atoms with Crippen molar-refractivity contribution in [1.82, 2.24) is 4.57 Å². The number of para-hydroxylation sites is 1. The first-order valence-electron chi connectivity index (χ1n) is 8.45. The number of ether oxygens (including phenoxy) is 1. The number of aromatic hydroxyl groups is 1. The second-order valence-corrected chi connectivity index (χ2v) is 6.43. The van der Waals surface area contributed by atoms with Gasteiger partial charge in [-0.25, -0.2) is 0 Å². The molecule has 0 bridgehead atoms. The van der Waals surface area contributed by atoms with Gasteiger partial charge in [-0.1, -0.05) is 42.5 Å². The summed E-state index contributed by atoms with van der Waals surface area (Å²) in [6.45, 7) is 4.01. The molecule has 0 aliphatic heterocycles. The van der Waals surface area contributed by atoms with Crippen LogP contribution < -0.4 is 0 Å². The normalized spacial score (nSPS) is 12.3. The SMILES string of the molecule is COC(=O)C[C@@H](C)n1c(Cc2ccccc2)c(O)c2cccc(C)c21. The van der Waals surface area contributed by atoms with Gasteiger partial charge in [-0.15, -0.1) is 0 Å². The highest BCUT2D eigenvalue weighted by Gasteiger charge is 2.23. The zero-order valence-corrected chi connectivity index (χ0v) is 14.8. The van der Waals surface area contributed by atoms with Gasteiger partial charge >= 0.3 is 5.97 Å². The number of fused-ring (bicyclic) bond motifs is 1. The molecule has 0 amide bonds. The van der Waals surface area contributed by atoms with Crippen LogP contribution in [0.2, 0.25) is 0 Å². The lowest BCUT2D eigenvalue weighted by Crippen LogP contribution is -2.15. The zero-order valence-electron chi connectivity index (χ0n) is 14.8. The van der Waals surface area contributed by atoms with Crippen molar-refractivity contribution in [2.75, 3.05) is 7.11 Å². The van der Waals surface area contributed by atoms with E-state index >= 15 is 0 Å². The Hall–Kier alpha value is -2.75. The Morgan fingerprint density at radius 1 is 1.16 bits per heavy atom. The molecule has 2 aromatic carbocycles. The Morgan fingerprint density at radius 2 is 1.88 bits per heavy atom. The predicted molar refractivity (Wildman–Crippen MR) is 98.9 cm³/mol. The smallest absolute Gasteiger partial charge is 0.307 e. The van der Waals surface area contributed by atoms with Crippen molar-refractivity contribution in [3.05, 3.63) is 65.4 Å². The lowest BCUT2D eigenvalue weighted by molar-refractivity contribution is -0.141. The number of aryl methyl sites for hydroxylation is 1. The molecule has 25 heavy (non-hydrogen) atoms. The molecule has 0 fully saturated rings. The minimum Gasteiger partial charge on any atom is -0.505 e. The van der Waals surface area contributed by atoms with Crippen LogP contribution in [0.25, 0.3) is 10.9 Å². The molecule has 0 unspecified atom stereocenters. The van der Waals surface area contributed by atoms with Gasteiger partial charge in [0.05, 0.1) is 24.7 Å². The van der Waals surface area contributed by atoms with Crippen molar-refractivity contribution >= 4 is 16.9 Å². The largest absolute Gasteiger partial charge is 0.505 e. The van der Waals surface area contributed by atoms with Gasteiger partial charge in [0.25, 0.3) is 0 Å². The third-order valence-corrected chi connectivity index (χ3v) is 4.64. The van der Waals surface area contributed by atoms with E-state index in [1.807, 2.05) is 62.4 Å². The molecule has 3 aromatic rings. The van der Waals surface area contributed by atoms with E-state index in [4.69, 9.17) is 4.74 Å². The van der Waals surface area contributed by atoms with E-state index < -0.39 is 0 Å². The van der Waals surface area contributed by atoms with E-state index in [9.17, 15) is 9.90 Å². The maximum Gasteiger partial charge on any atom is 0.307 e. The molecule has 0 aliphatic carbocycles. The van der Waals surface area contributed by atoms with Crippen LogP contribution in [0.5, 0.6) is 5.75 Å². The fraction of sp³-hybridized carbons (Fsp3) is 0.286. The summed E-state index contributed by atoms with van der Waals surface area (Å²) in [5.41, 5.74) is 3.99. The number of methoxy groups -OCH3 is 1. The number of esters is 1. The fourth-order valence-corrected chi connectivity index (χ4v) is 3.43. The van der Waals surface area contributed by atoms with Crippen molar-refractivity contribution in [2.24, 2.45) is 0 Å². The lowest BCUT2D eigenvalue weighted by Gasteiger charge is -2.19. The molecule has 1 aromatic heterocycles. The number of benzene rings is 2. The molecular weight excluding hydrogens is 314 g/mol. The zero-order chi connectivity index (χ0) is 18.0. The minimum absolute atomic E-state index is 0.115. The first-order valence-corrected chi connectivity index (χ1v) is 8.45. The highest BCUT2D eigenvalue weighted by atomic mass is 16.5. The first-order chi connectivity index (χ1) is 12.0. The molecule has 1 N–H and O–H groups in total. The molecule has 3 rings (SSSR count). The van der Waals surface area contributed by atoms with Crippen LogP contribution >= 0.6 is 0 Å².